The molecule has 0 unspecified atom stereocenters. The number of rotatable bonds is 5. The minimum Gasteiger partial charge on any atom is -0.303 e. The Hall–Kier alpha value is -0.940. The van der Waals surface area contributed by atoms with Crippen LogP contribution < -0.4 is 0 Å². The SMILES string of the molecule is CC(C)CN1CCC(c2cccc(C[SH](=O)=O)c2F)CC1. The number of piperidine rings is 1. The molecule has 1 saturated heterocycles. The topological polar surface area (TPSA) is 37.4 Å². The van der Waals surface area contributed by atoms with Gasteiger partial charge in [-0.3, -0.25) is 0 Å². The highest BCUT2D eigenvalue weighted by molar-refractivity contribution is 7.71. The molecule has 0 radical (unpaired) electrons. The third-order valence-electron chi connectivity index (χ3n) is 4.06. The van der Waals surface area contributed by atoms with Gasteiger partial charge in [-0.15, -0.1) is 0 Å². The van der Waals surface area contributed by atoms with E-state index in [0.717, 1.165) is 32.5 Å². The van der Waals surface area contributed by atoms with E-state index in [1.54, 1.807) is 18.2 Å². The summed E-state index contributed by atoms with van der Waals surface area (Å²) in [4.78, 5) is 2.43. The van der Waals surface area contributed by atoms with Gasteiger partial charge in [-0.1, -0.05) is 32.0 Å². The van der Waals surface area contributed by atoms with Crippen LogP contribution in [0.3, 0.4) is 0 Å². The van der Waals surface area contributed by atoms with Crippen molar-refractivity contribution in [2.75, 3.05) is 19.6 Å². The Labute approximate surface area is 128 Å². The van der Waals surface area contributed by atoms with Gasteiger partial charge in [-0.2, -0.15) is 0 Å². The van der Waals surface area contributed by atoms with E-state index in [4.69, 9.17) is 0 Å². The average Bonchev–Trinajstić information content (AvgIpc) is 2.41. The molecular formula is C16H24FNO2S. The van der Waals surface area contributed by atoms with E-state index < -0.39 is 10.7 Å². The fraction of sp³-hybridized carbons (Fsp3) is 0.625. The Balaban J connectivity index is 2.06. The van der Waals surface area contributed by atoms with Gasteiger partial charge in [0, 0.05) is 12.1 Å². The first-order valence-electron chi connectivity index (χ1n) is 7.58. The van der Waals surface area contributed by atoms with Crippen LogP contribution in [0.5, 0.6) is 0 Å². The molecule has 0 atom stereocenters. The van der Waals surface area contributed by atoms with Crippen LogP contribution in [-0.4, -0.2) is 33.0 Å². The second-order valence-electron chi connectivity index (χ2n) is 6.28. The van der Waals surface area contributed by atoms with Gasteiger partial charge < -0.3 is 4.90 Å². The molecule has 0 amide bonds. The van der Waals surface area contributed by atoms with Crippen LogP contribution in [0.15, 0.2) is 18.2 Å². The van der Waals surface area contributed by atoms with Crippen molar-refractivity contribution in [1.82, 2.24) is 4.90 Å². The van der Waals surface area contributed by atoms with Crippen molar-refractivity contribution in [1.29, 1.82) is 0 Å². The van der Waals surface area contributed by atoms with Crippen molar-refractivity contribution in [3.63, 3.8) is 0 Å². The maximum Gasteiger partial charge on any atom is 0.144 e. The van der Waals surface area contributed by atoms with E-state index in [1.807, 2.05) is 0 Å². The number of thiol groups is 1. The van der Waals surface area contributed by atoms with Gasteiger partial charge in [-0.25, -0.2) is 12.8 Å². The lowest BCUT2D eigenvalue weighted by Gasteiger charge is -2.33. The summed E-state index contributed by atoms with van der Waals surface area (Å²) < 4.78 is 36.1. The van der Waals surface area contributed by atoms with Crippen LogP contribution in [0.1, 0.15) is 43.7 Å². The second-order valence-corrected chi connectivity index (χ2v) is 7.26. The van der Waals surface area contributed by atoms with Gasteiger partial charge >= 0.3 is 0 Å². The molecule has 0 aromatic heterocycles. The monoisotopic (exact) mass is 313 g/mol. The molecule has 0 bridgehead atoms. The fourth-order valence-corrected chi connectivity index (χ4v) is 3.64. The van der Waals surface area contributed by atoms with E-state index in [9.17, 15) is 12.8 Å². The van der Waals surface area contributed by atoms with Gasteiger partial charge in [0.15, 0.2) is 0 Å². The minimum absolute atomic E-state index is 0.206. The molecule has 1 fully saturated rings. The van der Waals surface area contributed by atoms with Crippen molar-refractivity contribution in [2.24, 2.45) is 5.92 Å². The summed E-state index contributed by atoms with van der Waals surface area (Å²) in [5.74, 6) is 0.327. The maximum atomic E-state index is 14.4. The van der Waals surface area contributed by atoms with Gasteiger partial charge in [0.1, 0.15) is 16.5 Å². The Morgan fingerprint density at radius 2 is 1.95 bits per heavy atom. The smallest absolute Gasteiger partial charge is 0.144 e. The Morgan fingerprint density at radius 1 is 1.29 bits per heavy atom. The van der Waals surface area contributed by atoms with E-state index in [-0.39, 0.29) is 17.5 Å². The molecule has 5 heteroatoms. The highest BCUT2D eigenvalue weighted by Crippen LogP contribution is 2.31. The lowest BCUT2D eigenvalue weighted by atomic mass is 9.88. The van der Waals surface area contributed by atoms with Crippen LogP contribution in [-0.2, 0) is 16.5 Å². The van der Waals surface area contributed by atoms with E-state index >= 15 is 0 Å². The zero-order valence-corrected chi connectivity index (χ0v) is 13.6. The zero-order chi connectivity index (χ0) is 15.4. The molecule has 0 spiro atoms. The molecule has 1 heterocycles. The molecule has 1 aliphatic heterocycles. The third kappa shape index (κ3) is 4.51. The molecule has 0 aliphatic carbocycles. The van der Waals surface area contributed by atoms with Crippen LogP contribution in [0, 0.1) is 11.7 Å². The first-order chi connectivity index (χ1) is 9.97. The number of nitrogens with zero attached hydrogens (tertiary/aromatic N) is 1. The normalized spacial score (nSPS) is 17.8. The zero-order valence-electron chi connectivity index (χ0n) is 12.7. The summed E-state index contributed by atoms with van der Waals surface area (Å²) in [6, 6.07) is 5.14. The molecule has 1 aromatic carbocycles. The molecule has 3 nitrogen and oxygen atoms in total. The van der Waals surface area contributed by atoms with Gasteiger partial charge in [0.2, 0.25) is 0 Å². The molecule has 1 aromatic rings. The molecule has 21 heavy (non-hydrogen) atoms. The molecular weight excluding hydrogens is 289 g/mol. The van der Waals surface area contributed by atoms with Crippen LogP contribution >= 0.6 is 0 Å². The maximum absolute atomic E-state index is 14.4. The lowest BCUT2D eigenvalue weighted by Crippen LogP contribution is -2.35. The Morgan fingerprint density at radius 3 is 2.52 bits per heavy atom. The first-order valence-corrected chi connectivity index (χ1v) is 8.95. The van der Waals surface area contributed by atoms with Gasteiger partial charge in [0.25, 0.3) is 0 Å². The number of likely N-dealkylation sites (tertiary alicyclic amines) is 1. The summed E-state index contributed by atoms with van der Waals surface area (Å²) in [5, 5.41) is 0. The van der Waals surface area contributed by atoms with Gasteiger partial charge in [0.05, 0.1) is 5.75 Å². The summed E-state index contributed by atoms with van der Waals surface area (Å²) in [7, 11) is -2.59. The Kier molecular flexibility index (Phi) is 5.76. The van der Waals surface area contributed by atoms with Crippen molar-refractivity contribution in [3.8, 4) is 0 Å². The quantitative estimate of drug-likeness (QED) is 0.849. The minimum atomic E-state index is -2.59. The van der Waals surface area contributed by atoms with Crippen molar-refractivity contribution >= 4 is 10.7 Å². The molecule has 0 N–H and O–H groups in total. The highest BCUT2D eigenvalue weighted by Gasteiger charge is 2.24. The number of hydrogen-bond donors (Lipinski definition) is 1. The van der Waals surface area contributed by atoms with Crippen molar-refractivity contribution in [3.05, 3.63) is 35.1 Å². The number of benzene rings is 1. The summed E-state index contributed by atoms with van der Waals surface area (Å²) in [6.07, 6.45) is 1.88. The summed E-state index contributed by atoms with van der Waals surface area (Å²) >= 11 is 0. The van der Waals surface area contributed by atoms with E-state index in [0.29, 0.717) is 17.0 Å². The van der Waals surface area contributed by atoms with Crippen molar-refractivity contribution in [2.45, 2.75) is 38.4 Å². The van der Waals surface area contributed by atoms with Crippen LogP contribution in [0.4, 0.5) is 4.39 Å². The van der Waals surface area contributed by atoms with E-state index in [1.165, 1.54) is 0 Å². The average molecular weight is 313 g/mol. The summed E-state index contributed by atoms with van der Waals surface area (Å²) in [6.45, 7) is 7.48. The van der Waals surface area contributed by atoms with Gasteiger partial charge in [-0.05, 0) is 43.3 Å². The number of hydrogen-bond acceptors (Lipinski definition) is 3. The lowest BCUT2D eigenvalue weighted by molar-refractivity contribution is 0.191. The molecule has 118 valence electrons. The fourth-order valence-electron chi connectivity index (χ4n) is 3.12. The van der Waals surface area contributed by atoms with Crippen molar-refractivity contribution < 1.29 is 12.8 Å². The van der Waals surface area contributed by atoms with Crippen LogP contribution in [0.2, 0.25) is 0 Å². The highest BCUT2D eigenvalue weighted by atomic mass is 32.2. The molecule has 2 rings (SSSR count). The number of halogens is 1. The predicted octanol–water partition coefficient (Wildman–Crippen LogP) is 2.77. The largest absolute Gasteiger partial charge is 0.303 e. The second kappa shape index (κ2) is 7.36. The van der Waals surface area contributed by atoms with E-state index in [2.05, 4.69) is 18.7 Å². The standard InChI is InChI=1S/C16H24FNO2S/c1-12(2)10-18-8-6-13(7-9-18)15-5-3-4-14(16(15)17)11-21(19)20/h3-5,12-13,21H,6-11H2,1-2H3. The predicted molar refractivity (Wildman–Crippen MR) is 83.7 cm³/mol. The molecule has 0 saturated carbocycles. The molecule has 1 aliphatic rings. The first kappa shape index (κ1) is 16.4. The summed E-state index contributed by atoms with van der Waals surface area (Å²) in [5.41, 5.74) is 0.988. The Bertz CT molecular complexity index is 541. The van der Waals surface area contributed by atoms with Crippen LogP contribution in [0.25, 0.3) is 0 Å². The third-order valence-corrected chi connectivity index (χ3v) is 4.66.